The Hall–Kier alpha value is -3.15. The van der Waals surface area contributed by atoms with E-state index in [0.29, 0.717) is 11.7 Å². The zero-order chi connectivity index (χ0) is 16.9. The molecular weight excluding hydrogens is 304 g/mol. The van der Waals surface area contributed by atoms with Crippen LogP contribution in [0, 0.1) is 13.8 Å². The molecule has 0 aliphatic carbocycles. The van der Waals surface area contributed by atoms with E-state index in [4.69, 9.17) is 4.52 Å². The molecule has 2 amide bonds. The van der Waals surface area contributed by atoms with E-state index in [1.165, 1.54) is 0 Å². The van der Waals surface area contributed by atoms with Crippen LogP contribution >= 0.6 is 0 Å². The van der Waals surface area contributed by atoms with Crippen molar-refractivity contribution in [3.8, 4) is 11.4 Å². The van der Waals surface area contributed by atoms with Crippen LogP contribution in [0.25, 0.3) is 11.4 Å². The molecule has 1 heterocycles. The maximum Gasteiger partial charge on any atom is 0.319 e. The largest absolute Gasteiger partial charge is 0.337 e. The molecule has 0 aliphatic heterocycles. The molecule has 2 aromatic carbocycles. The summed E-state index contributed by atoms with van der Waals surface area (Å²) in [6, 6.07) is 15.1. The first-order valence-corrected chi connectivity index (χ1v) is 7.61. The summed E-state index contributed by atoms with van der Waals surface area (Å²) >= 11 is 0. The first-order chi connectivity index (χ1) is 11.6. The van der Waals surface area contributed by atoms with Gasteiger partial charge in [-0.2, -0.15) is 4.98 Å². The SMILES string of the molecule is Cc1ccc(-c2noc(CNC(=O)Nc3cccc(C)c3)n2)cc1. The number of aryl methyl sites for hydroxylation is 2. The molecule has 0 atom stereocenters. The van der Waals surface area contributed by atoms with Crippen LogP contribution in [-0.4, -0.2) is 16.2 Å². The fourth-order valence-electron chi connectivity index (χ4n) is 2.20. The van der Waals surface area contributed by atoms with Gasteiger partial charge in [-0.15, -0.1) is 0 Å². The summed E-state index contributed by atoms with van der Waals surface area (Å²) in [7, 11) is 0. The van der Waals surface area contributed by atoms with E-state index in [9.17, 15) is 4.79 Å². The van der Waals surface area contributed by atoms with Crippen molar-refractivity contribution in [2.45, 2.75) is 20.4 Å². The highest BCUT2D eigenvalue weighted by Crippen LogP contribution is 2.16. The van der Waals surface area contributed by atoms with E-state index in [2.05, 4.69) is 20.8 Å². The zero-order valence-electron chi connectivity index (χ0n) is 13.5. The summed E-state index contributed by atoms with van der Waals surface area (Å²) in [5.41, 5.74) is 3.85. The average molecular weight is 322 g/mol. The fraction of sp³-hybridized carbons (Fsp3) is 0.167. The van der Waals surface area contributed by atoms with Gasteiger partial charge in [0.1, 0.15) is 0 Å². The summed E-state index contributed by atoms with van der Waals surface area (Å²) < 4.78 is 5.17. The van der Waals surface area contributed by atoms with Gasteiger partial charge in [-0.25, -0.2) is 4.79 Å². The van der Waals surface area contributed by atoms with Crippen molar-refractivity contribution in [1.82, 2.24) is 15.5 Å². The summed E-state index contributed by atoms with van der Waals surface area (Å²) in [5, 5.41) is 9.38. The smallest absolute Gasteiger partial charge is 0.319 e. The number of amides is 2. The summed E-state index contributed by atoms with van der Waals surface area (Å²) in [6.45, 7) is 4.15. The number of hydrogen-bond acceptors (Lipinski definition) is 4. The first-order valence-electron chi connectivity index (χ1n) is 7.61. The highest BCUT2D eigenvalue weighted by molar-refractivity contribution is 5.89. The van der Waals surface area contributed by atoms with Crippen molar-refractivity contribution in [1.29, 1.82) is 0 Å². The van der Waals surface area contributed by atoms with E-state index in [1.807, 2.05) is 62.4 Å². The molecule has 3 rings (SSSR count). The standard InChI is InChI=1S/C18H18N4O2/c1-12-6-8-14(9-7-12)17-21-16(24-22-17)11-19-18(23)20-15-5-3-4-13(2)10-15/h3-10H,11H2,1-2H3,(H2,19,20,23). The molecule has 0 bridgehead atoms. The molecule has 0 fully saturated rings. The molecule has 0 radical (unpaired) electrons. The molecule has 0 saturated carbocycles. The number of carbonyl (C=O) groups excluding carboxylic acids is 1. The molecule has 0 unspecified atom stereocenters. The lowest BCUT2D eigenvalue weighted by Gasteiger charge is -2.06. The maximum absolute atomic E-state index is 11.9. The van der Waals surface area contributed by atoms with Gasteiger partial charge in [0, 0.05) is 11.3 Å². The topological polar surface area (TPSA) is 80.0 Å². The lowest BCUT2D eigenvalue weighted by atomic mass is 10.1. The van der Waals surface area contributed by atoms with Gasteiger partial charge in [0.15, 0.2) is 0 Å². The molecule has 24 heavy (non-hydrogen) atoms. The number of nitrogens with one attached hydrogen (secondary N) is 2. The van der Waals surface area contributed by atoms with Crippen LogP contribution in [-0.2, 0) is 6.54 Å². The van der Waals surface area contributed by atoms with Crippen LogP contribution in [0.15, 0.2) is 53.1 Å². The Bertz CT molecular complexity index is 840. The van der Waals surface area contributed by atoms with Crippen molar-refractivity contribution in [3.05, 3.63) is 65.5 Å². The Morgan fingerprint density at radius 1 is 1.08 bits per heavy atom. The number of nitrogens with zero attached hydrogens (tertiary/aromatic N) is 2. The van der Waals surface area contributed by atoms with E-state index in [1.54, 1.807) is 0 Å². The number of aromatic nitrogens is 2. The van der Waals surface area contributed by atoms with Crippen LogP contribution in [0.4, 0.5) is 10.5 Å². The molecule has 6 heteroatoms. The Morgan fingerprint density at radius 3 is 2.62 bits per heavy atom. The van der Waals surface area contributed by atoms with Gasteiger partial charge < -0.3 is 15.2 Å². The average Bonchev–Trinajstić information content (AvgIpc) is 3.03. The quantitative estimate of drug-likeness (QED) is 0.768. The van der Waals surface area contributed by atoms with E-state index in [0.717, 1.165) is 22.4 Å². The third-order valence-electron chi connectivity index (χ3n) is 3.45. The van der Waals surface area contributed by atoms with E-state index < -0.39 is 0 Å². The minimum Gasteiger partial charge on any atom is -0.337 e. The second-order valence-corrected chi connectivity index (χ2v) is 5.55. The minimum atomic E-state index is -0.323. The lowest BCUT2D eigenvalue weighted by molar-refractivity contribution is 0.249. The van der Waals surface area contributed by atoms with Gasteiger partial charge in [-0.05, 0) is 31.5 Å². The van der Waals surface area contributed by atoms with Crippen LogP contribution < -0.4 is 10.6 Å². The minimum absolute atomic E-state index is 0.163. The normalized spacial score (nSPS) is 10.4. The number of hydrogen-bond donors (Lipinski definition) is 2. The van der Waals surface area contributed by atoms with Gasteiger partial charge in [-0.1, -0.05) is 47.1 Å². The van der Waals surface area contributed by atoms with Gasteiger partial charge >= 0.3 is 6.03 Å². The van der Waals surface area contributed by atoms with E-state index in [-0.39, 0.29) is 12.6 Å². The van der Waals surface area contributed by atoms with Crippen molar-refractivity contribution in [2.24, 2.45) is 0 Å². The number of rotatable bonds is 4. The second kappa shape index (κ2) is 6.95. The fourth-order valence-corrected chi connectivity index (χ4v) is 2.20. The maximum atomic E-state index is 11.9. The molecule has 2 N–H and O–H groups in total. The lowest BCUT2D eigenvalue weighted by Crippen LogP contribution is -2.28. The van der Waals surface area contributed by atoms with Gasteiger partial charge in [0.2, 0.25) is 11.7 Å². The van der Waals surface area contributed by atoms with Crippen LogP contribution in [0.5, 0.6) is 0 Å². The first kappa shape index (κ1) is 15.7. The predicted octanol–water partition coefficient (Wildman–Crippen LogP) is 3.68. The van der Waals surface area contributed by atoms with Gasteiger partial charge in [0.05, 0.1) is 6.54 Å². The molecule has 0 spiro atoms. The zero-order valence-corrected chi connectivity index (χ0v) is 13.5. The predicted molar refractivity (Wildman–Crippen MR) is 91.5 cm³/mol. The highest BCUT2D eigenvalue weighted by atomic mass is 16.5. The Kier molecular flexibility index (Phi) is 4.56. The van der Waals surface area contributed by atoms with Crippen LogP contribution in [0.1, 0.15) is 17.0 Å². The summed E-state index contributed by atoms with van der Waals surface area (Å²) in [4.78, 5) is 16.2. The Balaban J connectivity index is 1.57. The number of anilines is 1. The van der Waals surface area contributed by atoms with Crippen molar-refractivity contribution in [2.75, 3.05) is 5.32 Å². The molecule has 122 valence electrons. The summed E-state index contributed by atoms with van der Waals surface area (Å²) in [5.74, 6) is 0.857. The van der Waals surface area contributed by atoms with Crippen LogP contribution in [0.2, 0.25) is 0 Å². The van der Waals surface area contributed by atoms with E-state index >= 15 is 0 Å². The number of carbonyl (C=O) groups is 1. The Labute approximate surface area is 139 Å². The third-order valence-corrected chi connectivity index (χ3v) is 3.45. The van der Waals surface area contributed by atoms with Crippen molar-refractivity contribution >= 4 is 11.7 Å². The van der Waals surface area contributed by atoms with Crippen LogP contribution in [0.3, 0.4) is 0 Å². The van der Waals surface area contributed by atoms with Crippen molar-refractivity contribution in [3.63, 3.8) is 0 Å². The third kappa shape index (κ3) is 3.98. The molecular formula is C18H18N4O2. The van der Waals surface area contributed by atoms with Gasteiger partial charge in [0.25, 0.3) is 0 Å². The number of benzene rings is 2. The second-order valence-electron chi connectivity index (χ2n) is 5.55. The Morgan fingerprint density at radius 2 is 1.88 bits per heavy atom. The molecule has 3 aromatic rings. The number of urea groups is 1. The molecule has 0 aliphatic rings. The van der Waals surface area contributed by atoms with Crippen molar-refractivity contribution < 1.29 is 9.32 Å². The molecule has 1 aromatic heterocycles. The monoisotopic (exact) mass is 322 g/mol. The van der Waals surface area contributed by atoms with Gasteiger partial charge in [-0.3, -0.25) is 0 Å². The summed E-state index contributed by atoms with van der Waals surface area (Å²) in [6.07, 6.45) is 0. The molecule has 6 nitrogen and oxygen atoms in total. The highest BCUT2D eigenvalue weighted by Gasteiger charge is 2.10. The molecule has 0 saturated heterocycles.